The second-order valence-electron chi connectivity index (χ2n) is 1.90. The minimum absolute atomic E-state index is 0.303. The van der Waals surface area contributed by atoms with E-state index in [4.69, 9.17) is 0 Å². The Kier molecular flexibility index (Phi) is 3.93. The molecule has 0 saturated heterocycles. The summed E-state index contributed by atoms with van der Waals surface area (Å²) in [5.41, 5.74) is 0.534. The smallest absolute Gasteiger partial charge is 0.111 e. The molecule has 0 aliphatic heterocycles. The highest BCUT2D eigenvalue weighted by Gasteiger charge is 1.82. The maximum Gasteiger partial charge on any atom is 0.111 e. The van der Waals surface area contributed by atoms with Crippen molar-refractivity contribution in [3.63, 3.8) is 0 Å². The average molecular weight is 132 g/mol. The highest BCUT2D eigenvalue weighted by Crippen LogP contribution is 1.97. The van der Waals surface area contributed by atoms with Crippen LogP contribution in [0.1, 0.15) is 13.8 Å². The van der Waals surface area contributed by atoms with Crippen molar-refractivity contribution in [2.75, 3.05) is 6.67 Å². The van der Waals surface area contributed by atoms with Crippen LogP contribution in [0.15, 0.2) is 23.6 Å². The average Bonchev–Trinajstić information content (AvgIpc) is 1.83. The Morgan fingerprint density at radius 3 is 2.22 bits per heavy atom. The van der Waals surface area contributed by atoms with Crippen molar-refractivity contribution >= 4 is 0 Å². The predicted octanol–water partition coefficient (Wildman–Crippen LogP) is 2.78. The van der Waals surface area contributed by atoms with Gasteiger partial charge in [-0.15, -0.1) is 0 Å². The molecular weight excluding hydrogens is 122 g/mol. The normalized spacial score (nSPS) is 14.2. The van der Waals surface area contributed by atoms with E-state index in [1.54, 1.807) is 6.92 Å². The third kappa shape index (κ3) is 5.21. The fourth-order valence-electron chi connectivity index (χ4n) is 0.302. The van der Waals surface area contributed by atoms with E-state index in [9.17, 15) is 8.78 Å². The highest BCUT2D eigenvalue weighted by molar-refractivity contribution is 5.12. The van der Waals surface area contributed by atoms with Gasteiger partial charge < -0.3 is 0 Å². The monoisotopic (exact) mass is 132 g/mol. The van der Waals surface area contributed by atoms with Crippen LogP contribution in [-0.2, 0) is 0 Å². The number of rotatable bonds is 2. The first kappa shape index (κ1) is 8.34. The van der Waals surface area contributed by atoms with E-state index in [1.165, 1.54) is 19.1 Å². The molecule has 0 radical (unpaired) electrons. The van der Waals surface area contributed by atoms with Gasteiger partial charge in [0.05, 0.1) is 5.83 Å². The second kappa shape index (κ2) is 4.24. The maximum absolute atomic E-state index is 11.9. The summed E-state index contributed by atoms with van der Waals surface area (Å²) in [6.45, 7) is 2.42. The summed E-state index contributed by atoms with van der Waals surface area (Å²) in [6.07, 6.45) is 2.67. The van der Waals surface area contributed by atoms with Crippen molar-refractivity contribution in [1.29, 1.82) is 0 Å². The lowest BCUT2D eigenvalue weighted by atomic mass is 10.3. The van der Waals surface area contributed by atoms with Crippen LogP contribution in [0.2, 0.25) is 0 Å². The van der Waals surface area contributed by atoms with Gasteiger partial charge in [-0.05, 0) is 25.5 Å². The minimum atomic E-state index is -0.510. The maximum atomic E-state index is 11.9. The van der Waals surface area contributed by atoms with Crippen molar-refractivity contribution < 1.29 is 8.78 Å². The van der Waals surface area contributed by atoms with E-state index in [2.05, 4.69) is 0 Å². The summed E-state index contributed by atoms with van der Waals surface area (Å²) >= 11 is 0. The molecule has 0 spiro atoms. The van der Waals surface area contributed by atoms with Crippen LogP contribution in [0.4, 0.5) is 8.78 Å². The molecule has 0 atom stereocenters. The van der Waals surface area contributed by atoms with Crippen molar-refractivity contribution in [3.8, 4) is 0 Å². The number of hydrogen-bond acceptors (Lipinski definition) is 0. The van der Waals surface area contributed by atoms with E-state index in [0.717, 1.165) is 0 Å². The molecule has 0 aromatic carbocycles. The predicted molar refractivity (Wildman–Crippen MR) is 34.6 cm³/mol. The number of halogens is 2. The number of allylic oxidation sites excluding steroid dienone is 4. The van der Waals surface area contributed by atoms with Crippen LogP contribution in [-0.4, -0.2) is 6.67 Å². The molecule has 0 nitrogen and oxygen atoms in total. The van der Waals surface area contributed by atoms with Crippen LogP contribution >= 0.6 is 0 Å². The van der Waals surface area contributed by atoms with Gasteiger partial charge in [0.25, 0.3) is 0 Å². The molecule has 0 rings (SSSR count). The molecule has 0 heterocycles. The summed E-state index contributed by atoms with van der Waals surface area (Å²) in [4.78, 5) is 0. The summed E-state index contributed by atoms with van der Waals surface area (Å²) < 4.78 is 23.5. The molecule has 0 aliphatic rings. The molecule has 0 saturated carbocycles. The molecule has 2 heteroatoms. The van der Waals surface area contributed by atoms with Crippen molar-refractivity contribution in [1.82, 2.24) is 0 Å². The first-order valence-electron chi connectivity index (χ1n) is 2.72. The zero-order valence-electron chi connectivity index (χ0n) is 5.62. The van der Waals surface area contributed by atoms with Crippen molar-refractivity contribution in [3.05, 3.63) is 23.6 Å². The van der Waals surface area contributed by atoms with Gasteiger partial charge in [-0.3, -0.25) is 0 Å². The molecule has 0 bridgehead atoms. The van der Waals surface area contributed by atoms with Gasteiger partial charge >= 0.3 is 0 Å². The zero-order valence-corrected chi connectivity index (χ0v) is 5.62. The summed E-state index contributed by atoms with van der Waals surface area (Å²) in [6, 6.07) is 0. The largest absolute Gasteiger partial charge is 0.246 e. The van der Waals surface area contributed by atoms with Crippen LogP contribution in [0.5, 0.6) is 0 Å². The van der Waals surface area contributed by atoms with Crippen LogP contribution < -0.4 is 0 Å². The summed E-state index contributed by atoms with van der Waals surface area (Å²) in [5.74, 6) is -0.303. The van der Waals surface area contributed by atoms with E-state index in [-0.39, 0.29) is 5.83 Å². The lowest BCUT2D eigenvalue weighted by molar-refractivity contribution is 0.543. The molecule has 0 amide bonds. The molecule has 0 unspecified atom stereocenters. The van der Waals surface area contributed by atoms with Gasteiger partial charge in [0.15, 0.2) is 0 Å². The standard InChI is InChI=1S/C7H10F2/c1-6(5-8)3-4-7(2)9/h3-4H,5H2,1-2H3/b6-3-,7-4+. The van der Waals surface area contributed by atoms with Crippen molar-refractivity contribution in [2.45, 2.75) is 13.8 Å². The number of hydrogen-bond donors (Lipinski definition) is 0. The molecule has 0 aromatic heterocycles. The van der Waals surface area contributed by atoms with E-state index in [0.29, 0.717) is 5.57 Å². The Hall–Kier alpha value is -0.660. The van der Waals surface area contributed by atoms with E-state index in [1.807, 2.05) is 0 Å². The van der Waals surface area contributed by atoms with Crippen LogP contribution in [0, 0.1) is 0 Å². The van der Waals surface area contributed by atoms with Gasteiger partial charge in [0, 0.05) is 0 Å². The third-order valence-electron chi connectivity index (χ3n) is 0.808. The fourth-order valence-corrected chi connectivity index (χ4v) is 0.302. The van der Waals surface area contributed by atoms with E-state index < -0.39 is 6.67 Å². The number of alkyl halides is 1. The first-order valence-corrected chi connectivity index (χ1v) is 2.72. The van der Waals surface area contributed by atoms with Gasteiger partial charge in [-0.25, -0.2) is 8.78 Å². The first-order chi connectivity index (χ1) is 4.16. The third-order valence-corrected chi connectivity index (χ3v) is 0.808. The lowest BCUT2D eigenvalue weighted by Gasteiger charge is -1.85. The highest BCUT2D eigenvalue weighted by atomic mass is 19.1. The topological polar surface area (TPSA) is 0 Å². The summed E-state index contributed by atoms with van der Waals surface area (Å²) in [5, 5.41) is 0. The Balaban J connectivity index is 3.83. The van der Waals surface area contributed by atoms with Crippen molar-refractivity contribution in [2.24, 2.45) is 0 Å². The van der Waals surface area contributed by atoms with Gasteiger partial charge in [0.2, 0.25) is 0 Å². The van der Waals surface area contributed by atoms with Crippen LogP contribution in [0.3, 0.4) is 0 Å². The SMILES string of the molecule is C/C(=C/C=C(\C)F)CF. The second-order valence-corrected chi connectivity index (χ2v) is 1.90. The minimum Gasteiger partial charge on any atom is -0.246 e. The molecule has 0 N–H and O–H groups in total. The molecule has 52 valence electrons. The molecule has 0 fully saturated rings. The molecule has 0 aromatic rings. The Bertz CT molecular complexity index is 130. The Morgan fingerprint density at radius 1 is 1.33 bits per heavy atom. The molecule has 0 aliphatic carbocycles. The summed E-state index contributed by atoms with van der Waals surface area (Å²) in [7, 11) is 0. The zero-order chi connectivity index (χ0) is 7.28. The molecule has 9 heavy (non-hydrogen) atoms. The Labute approximate surface area is 53.9 Å². The lowest BCUT2D eigenvalue weighted by Crippen LogP contribution is -1.74. The van der Waals surface area contributed by atoms with Gasteiger partial charge in [-0.1, -0.05) is 6.08 Å². The van der Waals surface area contributed by atoms with Gasteiger partial charge in [-0.2, -0.15) is 0 Å². The van der Waals surface area contributed by atoms with Crippen LogP contribution in [0.25, 0.3) is 0 Å². The fraction of sp³-hybridized carbons (Fsp3) is 0.429. The van der Waals surface area contributed by atoms with Gasteiger partial charge in [0.1, 0.15) is 6.67 Å². The Morgan fingerprint density at radius 2 is 1.89 bits per heavy atom. The van der Waals surface area contributed by atoms with E-state index >= 15 is 0 Å². The molecular formula is C7H10F2. The quantitative estimate of drug-likeness (QED) is 0.507.